The summed E-state index contributed by atoms with van der Waals surface area (Å²) in [6.07, 6.45) is 2.39. The summed E-state index contributed by atoms with van der Waals surface area (Å²) in [5.74, 6) is 5.63. The van der Waals surface area contributed by atoms with Crippen LogP contribution in [0.3, 0.4) is 0 Å². The van der Waals surface area contributed by atoms with Crippen molar-refractivity contribution in [1.82, 2.24) is 20.2 Å². The highest BCUT2D eigenvalue weighted by molar-refractivity contribution is 7.22. The number of halogens is 1. The monoisotopic (exact) mass is 702 g/mol. The maximum absolute atomic E-state index is 14.8. The first-order valence-electron chi connectivity index (χ1n) is 16.2. The third kappa shape index (κ3) is 8.31. The van der Waals surface area contributed by atoms with Crippen molar-refractivity contribution in [2.24, 2.45) is 11.5 Å². The second-order valence-electron chi connectivity index (χ2n) is 11.8. The van der Waals surface area contributed by atoms with Gasteiger partial charge in [-0.15, -0.1) is 11.3 Å². The van der Waals surface area contributed by atoms with E-state index in [9.17, 15) is 14.3 Å². The van der Waals surface area contributed by atoms with Crippen molar-refractivity contribution in [3.8, 4) is 17.6 Å². The highest BCUT2D eigenvalue weighted by Gasteiger charge is 2.27. The minimum absolute atomic E-state index is 0.0147. The molecule has 0 unspecified atom stereocenters. The smallest absolute Gasteiger partial charge is 0.355 e. The molecule has 0 spiro atoms. The summed E-state index contributed by atoms with van der Waals surface area (Å²) in [5.41, 5.74) is 16.3. The first kappa shape index (κ1) is 34.2. The SMILES string of the molecule is C/C(C1=C(N)N(c2nc(C(=O)O)c(CCCOc3ccc(C#CCN4CCNCC4)cc3F)s2)CCC1)=C(/N)Nc1nc2ccccc2s1. The van der Waals surface area contributed by atoms with E-state index in [1.54, 1.807) is 12.1 Å². The molecular weight excluding hydrogens is 664 g/mol. The summed E-state index contributed by atoms with van der Waals surface area (Å²) in [5, 5.41) is 17.7. The second kappa shape index (κ2) is 15.7. The van der Waals surface area contributed by atoms with E-state index in [0.717, 1.165) is 60.4 Å². The van der Waals surface area contributed by atoms with Gasteiger partial charge < -0.3 is 36.8 Å². The normalized spacial score (nSPS) is 15.9. The van der Waals surface area contributed by atoms with Crippen LogP contribution in [-0.4, -0.2) is 71.8 Å². The number of nitrogens with two attached hydrogens (primary N) is 2. The van der Waals surface area contributed by atoms with Gasteiger partial charge in [0.15, 0.2) is 27.5 Å². The molecule has 2 aromatic carbocycles. The van der Waals surface area contributed by atoms with Crippen LogP contribution in [0.1, 0.15) is 47.1 Å². The number of anilines is 2. The van der Waals surface area contributed by atoms with E-state index < -0.39 is 11.8 Å². The predicted octanol–water partition coefficient (Wildman–Crippen LogP) is 4.93. The molecule has 1 saturated heterocycles. The topological polar surface area (TPSA) is 155 Å². The number of ether oxygens (including phenoxy) is 1. The Morgan fingerprint density at radius 2 is 1.98 bits per heavy atom. The fraction of sp³-hybridized carbons (Fsp3) is 0.343. The minimum Gasteiger partial charge on any atom is -0.491 e. The minimum atomic E-state index is -1.11. The molecule has 14 heteroatoms. The molecule has 0 bridgehead atoms. The van der Waals surface area contributed by atoms with Crippen LogP contribution >= 0.6 is 22.7 Å². The molecule has 0 aliphatic carbocycles. The van der Waals surface area contributed by atoms with E-state index in [1.807, 2.05) is 36.1 Å². The molecule has 0 amide bonds. The molecule has 2 aliphatic rings. The summed E-state index contributed by atoms with van der Waals surface area (Å²) in [6, 6.07) is 12.6. The second-order valence-corrected chi connectivity index (χ2v) is 13.9. The molecule has 7 N–H and O–H groups in total. The summed E-state index contributed by atoms with van der Waals surface area (Å²) in [4.78, 5) is 25.9. The molecule has 11 nitrogen and oxygen atoms in total. The highest BCUT2D eigenvalue weighted by atomic mass is 32.1. The Bertz CT molecular complexity index is 1920. The molecule has 4 aromatic rings. The number of carboxylic acids is 1. The van der Waals surface area contributed by atoms with Gasteiger partial charge in [0.2, 0.25) is 0 Å². The number of thiazole rings is 2. The Labute approximate surface area is 292 Å². The Morgan fingerprint density at radius 3 is 2.76 bits per heavy atom. The molecular formula is C35H39FN8O3S2. The molecule has 6 rings (SSSR count). The van der Waals surface area contributed by atoms with Gasteiger partial charge in [0.05, 0.1) is 23.4 Å². The van der Waals surface area contributed by atoms with Crippen LogP contribution in [0.5, 0.6) is 5.75 Å². The number of allylic oxidation sites excluding steroid dienone is 2. The Kier molecular flexibility index (Phi) is 10.9. The van der Waals surface area contributed by atoms with Crippen LogP contribution in [-0.2, 0) is 6.42 Å². The number of benzene rings is 2. The number of hydrogen-bond donors (Lipinski definition) is 5. The molecule has 256 valence electrons. The van der Waals surface area contributed by atoms with Crippen LogP contribution in [0.2, 0.25) is 0 Å². The van der Waals surface area contributed by atoms with Crippen LogP contribution in [0.4, 0.5) is 14.7 Å². The fourth-order valence-electron chi connectivity index (χ4n) is 5.73. The Morgan fingerprint density at radius 1 is 1.16 bits per heavy atom. The molecule has 1 fully saturated rings. The molecule has 0 atom stereocenters. The van der Waals surface area contributed by atoms with Crippen molar-refractivity contribution in [2.75, 3.05) is 56.1 Å². The maximum atomic E-state index is 14.8. The van der Waals surface area contributed by atoms with E-state index >= 15 is 0 Å². The van der Waals surface area contributed by atoms with Gasteiger partial charge in [-0.2, -0.15) is 0 Å². The van der Waals surface area contributed by atoms with Crippen LogP contribution in [0, 0.1) is 17.7 Å². The van der Waals surface area contributed by atoms with E-state index in [1.165, 1.54) is 28.7 Å². The number of rotatable bonds is 11. The number of carboxylic acid groups (broad SMARTS) is 1. The van der Waals surface area contributed by atoms with E-state index in [-0.39, 0.29) is 18.1 Å². The summed E-state index contributed by atoms with van der Waals surface area (Å²) in [7, 11) is 0. The third-order valence-corrected chi connectivity index (χ3v) is 10.5. The standard InChI is InChI=1S/C35H39FN8O3S2/c1-22(31(37)42-34-40-26-9-2-3-10-28(26)48-34)24-8-5-17-44(32(24)38)35-41-30(33(45)46)29(49-35)11-6-20-47-27-13-12-23(21-25(27)36)7-4-16-43-18-14-39-15-19-43/h2-3,9-10,12-13,21,39H,5-6,8,11,14-20,37-38H2,1H3,(H,40,42)(H,45,46)/b31-22+. The van der Waals surface area contributed by atoms with E-state index in [4.69, 9.17) is 16.2 Å². The molecule has 0 radical (unpaired) electrons. The summed E-state index contributed by atoms with van der Waals surface area (Å²) >= 11 is 2.81. The lowest BCUT2D eigenvalue weighted by Gasteiger charge is -2.30. The van der Waals surface area contributed by atoms with Gasteiger partial charge in [0, 0.05) is 43.2 Å². The van der Waals surface area contributed by atoms with Gasteiger partial charge >= 0.3 is 5.97 Å². The molecule has 49 heavy (non-hydrogen) atoms. The summed E-state index contributed by atoms with van der Waals surface area (Å²) in [6.45, 7) is 7.17. The summed E-state index contributed by atoms with van der Waals surface area (Å²) < 4.78 is 21.5. The third-order valence-electron chi connectivity index (χ3n) is 8.40. The number of nitrogens with zero attached hydrogens (tertiary/aromatic N) is 4. The van der Waals surface area contributed by atoms with Crippen LogP contribution < -0.4 is 31.7 Å². The van der Waals surface area contributed by atoms with Gasteiger partial charge in [-0.3, -0.25) is 4.90 Å². The molecule has 4 heterocycles. The van der Waals surface area contributed by atoms with Crippen molar-refractivity contribution >= 4 is 49.1 Å². The molecule has 2 aromatic heterocycles. The van der Waals surface area contributed by atoms with Gasteiger partial charge in [-0.05, 0) is 74.1 Å². The first-order chi connectivity index (χ1) is 23.8. The number of aryl methyl sites for hydroxylation is 1. The van der Waals surface area contributed by atoms with Crippen LogP contribution in [0.15, 0.2) is 65.3 Å². The van der Waals surface area contributed by atoms with Crippen LogP contribution in [0.25, 0.3) is 10.2 Å². The largest absolute Gasteiger partial charge is 0.491 e. The van der Waals surface area contributed by atoms with E-state index in [2.05, 4.69) is 37.3 Å². The zero-order valence-corrected chi connectivity index (χ0v) is 28.9. The van der Waals surface area contributed by atoms with Crippen molar-refractivity contribution in [1.29, 1.82) is 0 Å². The Hall–Kier alpha value is -4.68. The lowest BCUT2D eigenvalue weighted by atomic mass is 9.99. The predicted molar refractivity (Wildman–Crippen MR) is 193 cm³/mol. The first-order valence-corrected chi connectivity index (χ1v) is 17.8. The highest BCUT2D eigenvalue weighted by Crippen LogP contribution is 2.35. The fourth-order valence-corrected chi connectivity index (χ4v) is 7.74. The van der Waals surface area contributed by atoms with Crippen molar-refractivity contribution in [2.45, 2.75) is 32.6 Å². The number of piperazine rings is 1. The number of aromatic carboxylic acids is 1. The average molecular weight is 703 g/mol. The average Bonchev–Trinajstić information content (AvgIpc) is 3.72. The number of para-hydroxylation sites is 1. The number of aromatic nitrogens is 2. The van der Waals surface area contributed by atoms with Crippen molar-refractivity contribution < 1.29 is 19.0 Å². The number of hydrogen-bond acceptors (Lipinski definition) is 12. The molecule has 0 saturated carbocycles. The zero-order valence-electron chi connectivity index (χ0n) is 27.2. The maximum Gasteiger partial charge on any atom is 0.355 e. The lowest BCUT2D eigenvalue weighted by Crippen LogP contribution is -2.43. The number of fused-ring (bicyclic) bond motifs is 1. The number of carbonyl (C=O) groups is 1. The van der Waals surface area contributed by atoms with E-state index in [0.29, 0.717) is 58.3 Å². The quantitative estimate of drug-likeness (QED) is 0.107. The molecule has 2 aliphatic heterocycles. The van der Waals surface area contributed by atoms with Crippen molar-refractivity contribution in [3.05, 3.63) is 87.2 Å². The van der Waals surface area contributed by atoms with Crippen molar-refractivity contribution in [3.63, 3.8) is 0 Å². The van der Waals surface area contributed by atoms with Gasteiger partial charge in [0.1, 0.15) is 11.6 Å². The lowest BCUT2D eigenvalue weighted by molar-refractivity contribution is 0.0690. The number of nitrogens with one attached hydrogen (secondary N) is 2. The zero-order chi connectivity index (χ0) is 34.3. The Balaban J connectivity index is 1.08. The van der Waals surface area contributed by atoms with Gasteiger partial charge in [0.25, 0.3) is 0 Å². The van der Waals surface area contributed by atoms with Gasteiger partial charge in [-0.1, -0.05) is 35.3 Å². The van der Waals surface area contributed by atoms with Gasteiger partial charge in [-0.25, -0.2) is 19.2 Å².